The van der Waals surface area contributed by atoms with Gasteiger partial charge in [0.15, 0.2) is 0 Å². The van der Waals surface area contributed by atoms with Crippen LogP contribution in [0.15, 0.2) is 24.3 Å². The summed E-state index contributed by atoms with van der Waals surface area (Å²) < 4.78 is 5.29. The third-order valence-electron chi connectivity index (χ3n) is 5.65. The highest BCUT2D eigenvalue weighted by molar-refractivity contribution is 5.28. The van der Waals surface area contributed by atoms with Crippen LogP contribution in [0.25, 0.3) is 0 Å². The van der Waals surface area contributed by atoms with Gasteiger partial charge in [-0.1, -0.05) is 25.0 Å². The van der Waals surface area contributed by atoms with E-state index in [1.807, 2.05) is 6.07 Å². The van der Waals surface area contributed by atoms with Gasteiger partial charge in [0, 0.05) is 0 Å². The van der Waals surface area contributed by atoms with Gasteiger partial charge in [0.25, 0.3) is 0 Å². The van der Waals surface area contributed by atoms with E-state index >= 15 is 0 Å². The molecule has 0 bridgehead atoms. The van der Waals surface area contributed by atoms with Crippen LogP contribution in [0.5, 0.6) is 5.75 Å². The summed E-state index contributed by atoms with van der Waals surface area (Å²) in [6.45, 7) is 3.92. The molecular weight excluding hydrogens is 258 g/mol. The zero-order valence-corrected chi connectivity index (χ0v) is 13.4. The minimum absolute atomic E-state index is 0.753. The van der Waals surface area contributed by atoms with E-state index in [-0.39, 0.29) is 0 Å². The Morgan fingerprint density at radius 1 is 1.10 bits per heavy atom. The fraction of sp³-hybridized carbons (Fsp3) is 0.684. The molecule has 1 spiro atoms. The number of likely N-dealkylation sites (tertiary alicyclic amines) is 1. The SMILES string of the molecule is COc1cccc(CCCN2CCC3(CCCC3)CC2)c1. The molecule has 116 valence electrons. The third kappa shape index (κ3) is 3.79. The summed E-state index contributed by atoms with van der Waals surface area (Å²) in [6, 6.07) is 8.50. The van der Waals surface area contributed by atoms with Gasteiger partial charge in [0.05, 0.1) is 7.11 Å². The molecule has 0 unspecified atom stereocenters. The second-order valence-electron chi connectivity index (χ2n) is 7.00. The molecular formula is C19H29NO. The van der Waals surface area contributed by atoms with E-state index in [9.17, 15) is 0 Å². The maximum Gasteiger partial charge on any atom is 0.119 e. The number of aryl methyl sites for hydroxylation is 1. The number of hydrogen-bond acceptors (Lipinski definition) is 2. The number of ether oxygens (including phenoxy) is 1. The van der Waals surface area contributed by atoms with Crippen molar-refractivity contribution in [2.75, 3.05) is 26.7 Å². The minimum atomic E-state index is 0.753. The Bertz CT molecular complexity index is 441. The van der Waals surface area contributed by atoms with Crippen LogP contribution in [0.2, 0.25) is 0 Å². The molecule has 1 aromatic rings. The van der Waals surface area contributed by atoms with Crippen molar-refractivity contribution in [1.82, 2.24) is 4.90 Å². The largest absolute Gasteiger partial charge is 0.497 e. The first-order valence-electron chi connectivity index (χ1n) is 8.65. The van der Waals surface area contributed by atoms with Gasteiger partial charge in [-0.05, 0) is 81.3 Å². The molecule has 0 amide bonds. The first-order chi connectivity index (χ1) is 10.3. The molecule has 1 heterocycles. The van der Waals surface area contributed by atoms with Gasteiger partial charge in [-0.2, -0.15) is 0 Å². The van der Waals surface area contributed by atoms with E-state index < -0.39 is 0 Å². The number of methoxy groups -OCH3 is 1. The Morgan fingerprint density at radius 3 is 2.57 bits per heavy atom. The summed E-state index contributed by atoms with van der Waals surface area (Å²) in [5, 5.41) is 0. The Hall–Kier alpha value is -1.02. The molecule has 1 aliphatic heterocycles. The third-order valence-corrected chi connectivity index (χ3v) is 5.65. The van der Waals surface area contributed by atoms with Crippen LogP contribution in [0.4, 0.5) is 0 Å². The van der Waals surface area contributed by atoms with Gasteiger partial charge in [-0.3, -0.25) is 0 Å². The van der Waals surface area contributed by atoms with Crippen molar-refractivity contribution in [2.45, 2.75) is 51.4 Å². The van der Waals surface area contributed by atoms with Gasteiger partial charge in [-0.25, -0.2) is 0 Å². The maximum atomic E-state index is 5.29. The fourth-order valence-corrected chi connectivity index (χ4v) is 4.21. The second-order valence-corrected chi connectivity index (χ2v) is 7.00. The van der Waals surface area contributed by atoms with Crippen LogP contribution in [0.1, 0.15) is 50.5 Å². The molecule has 21 heavy (non-hydrogen) atoms. The Kier molecular flexibility index (Phi) is 4.84. The van der Waals surface area contributed by atoms with Crippen molar-refractivity contribution >= 4 is 0 Å². The molecule has 2 nitrogen and oxygen atoms in total. The van der Waals surface area contributed by atoms with Gasteiger partial charge < -0.3 is 9.64 Å². The van der Waals surface area contributed by atoms with E-state index in [0.29, 0.717) is 0 Å². The van der Waals surface area contributed by atoms with Crippen LogP contribution < -0.4 is 4.74 Å². The molecule has 0 aromatic heterocycles. The number of piperidine rings is 1. The normalized spacial score (nSPS) is 21.8. The van der Waals surface area contributed by atoms with Crippen LogP contribution >= 0.6 is 0 Å². The molecule has 2 heteroatoms. The summed E-state index contributed by atoms with van der Waals surface area (Å²) in [5.41, 5.74) is 2.15. The van der Waals surface area contributed by atoms with Crippen molar-refractivity contribution < 1.29 is 4.74 Å². The zero-order valence-electron chi connectivity index (χ0n) is 13.4. The summed E-state index contributed by atoms with van der Waals surface area (Å²) in [4.78, 5) is 2.68. The van der Waals surface area contributed by atoms with Crippen LogP contribution in [0, 0.1) is 5.41 Å². The molecule has 0 atom stereocenters. The lowest BCUT2D eigenvalue weighted by molar-refractivity contribution is 0.108. The van der Waals surface area contributed by atoms with Gasteiger partial charge >= 0.3 is 0 Å². The fourth-order valence-electron chi connectivity index (χ4n) is 4.21. The highest BCUT2D eigenvalue weighted by Gasteiger charge is 2.36. The van der Waals surface area contributed by atoms with Crippen LogP contribution in [0.3, 0.4) is 0 Å². The standard InChI is InChI=1S/C19H29NO/c1-21-18-8-4-6-17(16-18)7-5-13-20-14-11-19(12-15-20)9-2-3-10-19/h4,6,8,16H,2-3,5,7,9-15H2,1H3. The number of benzene rings is 1. The van der Waals surface area contributed by atoms with Crippen molar-refractivity contribution in [3.05, 3.63) is 29.8 Å². The molecule has 2 aliphatic rings. The molecule has 1 saturated carbocycles. The number of rotatable bonds is 5. The lowest BCUT2D eigenvalue weighted by Gasteiger charge is -2.39. The van der Waals surface area contributed by atoms with Gasteiger partial charge in [-0.15, -0.1) is 0 Å². The first-order valence-corrected chi connectivity index (χ1v) is 8.65. The van der Waals surface area contributed by atoms with Crippen molar-refractivity contribution in [2.24, 2.45) is 5.41 Å². The Morgan fingerprint density at radius 2 is 1.86 bits per heavy atom. The number of hydrogen-bond donors (Lipinski definition) is 0. The highest BCUT2D eigenvalue weighted by atomic mass is 16.5. The summed E-state index contributed by atoms with van der Waals surface area (Å²) in [6.07, 6.45) is 11.3. The quantitative estimate of drug-likeness (QED) is 0.801. The van der Waals surface area contributed by atoms with Gasteiger partial charge in [0.1, 0.15) is 5.75 Å². The minimum Gasteiger partial charge on any atom is -0.497 e. The van der Waals surface area contributed by atoms with Crippen LogP contribution in [-0.4, -0.2) is 31.6 Å². The molecule has 3 rings (SSSR count). The maximum absolute atomic E-state index is 5.29. The smallest absolute Gasteiger partial charge is 0.119 e. The predicted octanol–water partition coefficient (Wildman–Crippen LogP) is 4.28. The average molecular weight is 287 g/mol. The van der Waals surface area contributed by atoms with E-state index in [4.69, 9.17) is 4.74 Å². The Balaban J connectivity index is 1.40. The topological polar surface area (TPSA) is 12.5 Å². The summed E-state index contributed by atoms with van der Waals surface area (Å²) in [5.74, 6) is 0.980. The zero-order chi connectivity index (χ0) is 14.5. The molecule has 1 saturated heterocycles. The first kappa shape index (κ1) is 14.9. The Labute approximate surface area is 129 Å². The molecule has 2 fully saturated rings. The van der Waals surface area contributed by atoms with E-state index in [2.05, 4.69) is 23.1 Å². The highest BCUT2D eigenvalue weighted by Crippen LogP contribution is 2.46. The average Bonchev–Trinajstić information content (AvgIpc) is 2.98. The van der Waals surface area contributed by atoms with E-state index in [1.165, 1.54) is 76.6 Å². The molecule has 1 aromatic carbocycles. The van der Waals surface area contributed by atoms with E-state index in [1.54, 1.807) is 7.11 Å². The van der Waals surface area contributed by atoms with Crippen LogP contribution in [-0.2, 0) is 6.42 Å². The number of nitrogens with zero attached hydrogens (tertiary/aromatic N) is 1. The monoisotopic (exact) mass is 287 g/mol. The lowest BCUT2D eigenvalue weighted by Crippen LogP contribution is -2.39. The molecule has 1 aliphatic carbocycles. The summed E-state index contributed by atoms with van der Waals surface area (Å²) in [7, 11) is 1.74. The van der Waals surface area contributed by atoms with E-state index in [0.717, 1.165) is 11.2 Å². The van der Waals surface area contributed by atoms with Crippen molar-refractivity contribution in [1.29, 1.82) is 0 Å². The predicted molar refractivity (Wildman–Crippen MR) is 87.9 cm³/mol. The molecule has 0 N–H and O–H groups in total. The van der Waals surface area contributed by atoms with Crippen molar-refractivity contribution in [3.63, 3.8) is 0 Å². The summed E-state index contributed by atoms with van der Waals surface area (Å²) >= 11 is 0. The molecule has 0 radical (unpaired) electrons. The second kappa shape index (κ2) is 6.83. The van der Waals surface area contributed by atoms with Gasteiger partial charge in [0.2, 0.25) is 0 Å². The lowest BCUT2D eigenvalue weighted by atomic mass is 9.77. The van der Waals surface area contributed by atoms with Crippen molar-refractivity contribution in [3.8, 4) is 5.75 Å².